The Balaban J connectivity index is 3.33. The highest BCUT2D eigenvalue weighted by Gasteiger charge is 2.21. The lowest BCUT2D eigenvalue weighted by atomic mass is 10.1. The van der Waals surface area contributed by atoms with E-state index in [2.05, 4.69) is 4.98 Å². The normalized spacial score (nSPS) is 10.2. The molecule has 0 saturated carbocycles. The van der Waals surface area contributed by atoms with Crippen LogP contribution >= 0.6 is 11.6 Å². The highest BCUT2D eigenvalue weighted by atomic mass is 35.5. The van der Waals surface area contributed by atoms with E-state index in [1.807, 2.05) is 0 Å². The molecule has 0 atom stereocenters. The van der Waals surface area contributed by atoms with Gasteiger partial charge in [-0.1, -0.05) is 11.6 Å². The molecular formula is C9H5ClF2N2O2. The van der Waals surface area contributed by atoms with E-state index in [9.17, 15) is 13.6 Å². The Labute approximate surface area is 94.1 Å². The number of aliphatic carboxylic acids is 1. The highest BCUT2D eigenvalue weighted by Crippen LogP contribution is 2.31. The molecule has 1 aromatic rings. The smallest absolute Gasteiger partial charge is 0.307 e. The maximum absolute atomic E-state index is 12.6. The second-order valence-corrected chi connectivity index (χ2v) is 3.22. The van der Waals surface area contributed by atoms with Crippen molar-refractivity contribution in [3.63, 3.8) is 0 Å². The molecule has 0 aliphatic rings. The number of rotatable bonds is 3. The lowest BCUT2D eigenvalue weighted by Crippen LogP contribution is -2.05. The van der Waals surface area contributed by atoms with E-state index in [0.29, 0.717) is 0 Å². The maximum Gasteiger partial charge on any atom is 0.307 e. The summed E-state index contributed by atoms with van der Waals surface area (Å²) in [7, 11) is 0. The van der Waals surface area contributed by atoms with Crippen LogP contribution in [-0.4, -0.2) is 16.1 Å². The zero-order chi connectivity index (χ0) is 12.3. The number of carbonyl (C=O) groups is 1. The van der Waals surface area contributed by atoms with Gasteiger partial charge in [-0.25, -0.2) is 13.8 Å². The van der Waals surface area contributed by atoms with E-state index in [-0.39, 0.29) is 5.56 Å². The van der Waals surface area contributed by atoms with Gasteiger partial charge in [-0.05, 0) is 0 Å². The molecular weight excluding hydrogens is 242 g/mol. The zero-order valence-electron chi connectivity index (χ0n) is 7.75. The average Bonchev–Trinajstić information content (AvgIpc) is 2.19. The molecule has 0 radical (unpaired) electrons. The van der Waals surface area contributed by atoms with Gasteiger partial charge in [0.1, 0.15) is 6.07 Å². The molecule has 0 aromatic carbocycles. The molecule has 1 rings (SSSR count). The van der Waals surface area contributed by atoms with Gasteiger partial charge in [-0.15, -0.1) is 0 Å². The second-order valence-electron chi connectivity index (χ2n) is 2.84. The number of nitriles is 1. The van der Waals surface area contributed by atoms with Crippen molar-refractivity contribution in [2.24, 2.45) is 0 Å². The van der Waals surface area contributed by atoms with Crippen molar-refractivity contribution >= 4 is 17.6 Å². The summed E-state index contributed by atoms with van der Waals surface area (Å²) in [5.41, 5.74) is -1.25. The van der Waals surface area contributed by atoms with Gasteiger partial charge in [0, 0.05) is 11.8 Å². The van der Waals surface area contributed by atoms with Crippen molar-refractivity contribution in [1.82, 2.24) is 4.98 Å². The Hall–Kier alpha value is -1.74. The number of hydrogen-bond acceptors (Lipinski definition) is 3. The third kappa shape index (κ3) is 2.44. The fourth-order valence-electron chi connectivity index (χ4n) is 1.12. The van der Waals surface area contributed by atoms with Crippen LogP contribution in [0.2, 0.25) is 5.02 Å². The van der Waals surface area contributed by atoms with Gasteiger partial charge in [-0.3, -0.25) is 4.79 Å². The molecule has 1 N–H and O–H groups in total. The van der Waals surface area contributed by atoms with Crippen LogP contribution in [0.4, 0.5) is 8.78 Å². The van der Waals surface area contributed by atoms with E-state index in [0.717, 1.165) is 6.20 Å². The minimum absolute atomic E-state index is 0.0385. The summed E-state index contributed by atoms with van der Waals surface area (Å²) in [4.78, 5) is 13.9. The first-order chi connectivity index (χ1) is 7.47. The first-order valence-electron chi connectivity index (χ1n) is 4.04. The molecule has 0 bridgehead atoms. The van der Waals surface area contributed by atoms with Gasteiger partial charge in [0.2, 0.25) is 0 Å². The highest BCUT2D eigenvalue weighted by molar-refractivity contribution is 6.32. The number of nitrogens with zero attached hydrogens (tertiary/aromatic N) is 2. The van der Waals surface area contributed by atoms with Crippen LogP contribution in [-0.2, 0) is 11.2 Å². The van der Waals surface area contributed by atoms with Gasteiger partial charge >= 0.3 is 5.97 Å². The van der Waals surface area contributed by atoms with Gasteiger partial charge in [0.05, 0.1) is 17.0 Å². The van der Waals surface area contributed by atoms with E-state index >= 15 is 0 Å². The predicted molar refractivity (Wildman–Crippen MR) is 50.3 cm³/mol. The Morgan fingerprint density at radius 1 is 1.69 bits per heavy atom. The quantitative estimate of drug-likeness (QED) is 0.887. The number of hydrogen-bond donors (Lipinski definition) is 1. The van der Waals surface area contributed by atoms with E-state index < -0.39 is 35.1 Å². The fraction of sp³-hybridized carbons (Fsp3) is 0.222. The van der Waals surface area contributed by atoms with Crippen molar-refractivity contribution in [3.05, 3.63) is 28.0 Å². The summed E-state index contributed by atoms with van der Waals surface area (Å²) in [5, 5.41) is 16.6. The second kappa shape index (κ2) is 4.86. The van der Waals surface area contributed by atoms with Gasteiger partial charge in [0.15, 0.2) is 5.69 Å². The minimum atomic E-state index is -2.97. The van der Waals surface area contributed by atoms with E-state index in [1.54, 1.807) is 0 Å². The first kappa shape index (κ1) is 12.3. The SMILES string of the molecule is N#Cc1ncc(CC(=O)O)c(Cl)c1C(F)F. The van der Waals surface area contributed by atoms with Crippen LogP contribution in [0.5, 0.6) is 0 Å². The summed E-state index contributed by atoms with van der Waals surface area (Å²) < 4.78 is 25.1. The minimum Gasteiger partial charge on any atom is -0.481 e. The Morgan fingerprint density at radius 3 is 2.75 bits per heavy atom. The number of pyridine rings is 1. The Bertz CT molecular complexity index is 471. The lowest BCUT2D eigenvalue weighted by molar-refractivity contribution is -0.136. The van der Waals surface area contributed by atoms with Crippen LogP contribution in [0.15, 0.2) is 6.20 Å². The number of alkyl halides is 2. The summed E-state index contributed by atoms with van der Waals surface area (Å²) in [6, 6.07) is 1.48. The fourth-order valence-corrected chi connectivity index (χ4v) is 1.41. The first-order valence-corrected chi connectivity index (χ1v) is 4.42. The average molecular weight is 247 g/mol. The predicted octanol–water partition coefficient (Wildman–Crippen LogP) is 2.17. The standard InChI is InChI=1S/C9H5ClF2N2O2/c10-8-4(1-6(15)16)3-14-5(2-13)7(8)9(11)12/h3,9H,1H2,(H,15,16). The molecule has 1 aromatic heterocycles. The monoisotopic (exact) mass is 246 g/mol. The molecule has 84 valence electrons. The summed E-state index contributed by atoms with van der Waals surface area (Å²) in [6.45, 7) is 0. The Kier molecular flexibility index (Phi) is 3.74. The number of carboxylic acids is 1. The zero-order valence-corrected chi connectivity index (χ0v) is 8.50. The van der Waals surface area contributed by atoms with Gasteiger partial charge in [0.25, 0.3) is 6.43 Å². The van der Waals surface area contributed by atoms with Crippen LogP contribution in [0, 0.1) is 11.3 Å². The van der Waals surface area contributed by atoms with E-state index in [4.69, 9.17) is 22.0 Å². The van der Waals surface area contributed by atoms with Crippen LogP contribution in [0.25, 0.3) is 0 Å². The topological polar surface area (TPSA) is 74.0 Å². The van der Waals surface area contributed by atoms with Crippen LogP contribution in [0.3, 0.4) is 0 Å². The molecule has 4 nitrogen and oxygen atoms in total. The van der Waals surface area contributed by atoms with Gasteiger partial charge in [-0.2, -0.15) is 5.26 Å². The molecule has 7 heteroatoms. The van der Waals surface area contributed by atoms with Crippen molar-refractivity contribution in [2.45, 2.75) is 12.8 Å². The molecule has 1 heterocycles. The van der Waals surface area contributed by atoms with Gasteiger partial charge < -0.3 is 5.11 Å². The van der Waals surface area contributed by atoms with Crippen molar-refractivity contribution < 1.29 is 18.7 Å². The van der Waals surface area contributed by atoms with Crippen molar-refractivity contribution in [3.8, 4) is 6.07 Å². The maximum atomic E-state index is 12.6. The Morgan fingerprint density at radius 2 is 2.31 bits per heavy atom. The third-order valence-corrected chi connectivity index (χ3v) is 2.24. The van der Waals surface area contributed by atoms with Crippen LogP contribution in [0.1, 0.15) is 23.2 Å². The van der Waals surface area contributed by atoms with Crippen molar-refractivity contribution in [2.75, 3.05) is 0 Å². The molecule has 0 spiro atoms. The molecule has 0 unspecified atom stereocenters. The van der Waals surface area contributed by atoms with E-state index in [1.165, 1.54) is 6.07 Å². The summed E-state index contributed by atoms with van der Waals surface area (Å²) >= 11 is 5.60. The molecule has 0 aliphatic heterocycles. The van der Waals surface area contributed by atoms with Crippen molar-refractivity contribution in [1.29, 1.82) is 5.26 Å². The van der Waals surface area contributed by atoms with Crippen LogP contribution < -0.4 is 0 Å². The molecule has 0 saturated heterocycles. The number of aromatic nitrogens is 1. The number of halogens is 3. The third-order valence-electron chi connectivity index (χ3n) is 1.79. The molecule has 0 fully saturated rings. The lowest BCUT2D eigenvalue weighted by Gasteiger charge is -2.08. The summed E-state index contributed by atoms with van der Waals surface area (Å²) in [5.74, 6) is -1.21. The summed E-state index contributed by atoms with van der Waals surface area (Å²) in [6.07, 6.45) is -2.47. The molecule has 0 aliphatic carbocycles. The molecule has 0 amide bonds. The molecule has 16 heavy (non-hydrogen) atoms. The number of carboxylic acid groups (broad SMARTS) is 1. The largest absolute Gasteiger partial charge is 0.481 e.